The first-order chi connectivity index (χ1) is 6.00. The number of hydrogen-bond acceptors (Lipinski definition) is 1. The highest BCUT2D eigenvalue weighted by Crippen LogP contribution is 2.04. The smallest absolute Gasteiger partial charge is 0.223 e. The largest absolute Gasteiger partial charge is 0.290 e. The summed E-state index contributed by atoms with van der Waals surface area (Å²) in [5.74, 6) is 0. The van der Waals surface area contributed by atoms with Crippen molar-refractivity contribution >= 4 is 6.21 Å². The second-order valence-electron chi connectivity index (χ2n) is 4.06. The molecule has 0 atom stereocenters. The van der Waals surface area contributed by atoms with Crippen LogP contribution in [0.1, 0.15) is 26.3 Å². The van der Waals surface area contributed by atoms with Crippen LogP contribution in [-0.2, 0) is 0 Å². The lowest BCUT2D eigenvalue weighted by atomic mass is 10.1. The molecular formula is C11H16NO+. The molecule has 0 amide bonds. The van der Waals surface area contributed by atoms with E-state index in [1.165, 1.54) is 4.74 Å². The van der Waals surface area contributed by atoms with Gasteiger partial charge in [0.05, 0.1) is 0 Å². The molecule has 1 N–H and O–H groups in total. The van der Waals surface area contributed by atoms with Gasteiger partial charge in [-0.3, -0.25) is 5.21 Å². The van der Waals surface area contributed by atoms with Crippen molar-refractivity contribution in [1.82, 2.24) is 0 Å². The monoisotopic (exact) mass is 178 g/mol. The summed E-state index contributed by atoms with van der Waals surface area (Å²) in [5.41, 5.74) is 0.746. The van der Waals surface area contributed by atoms with E-state index in [9.17, 15) is 5.21 Å². The maximum atomic E-state index is 9.62. The van der Waals surface area contributed by atoms with Crippen LogP contribution < -0.4 is 0 Å². The van der Waals surface area contributed by atoms with Crippen molar-refractivity contribution in [2.75, 3.05) is 0 Å². The number of hydrogen-bond donors (Lipinski definition) is 1. The van der Waals surface area contributed by atoms with Crippen molar-refractivity contribution in [3.8, 4) is 0 Å². The normalized spacial score (nSPS) is 13.0. The van der Waals surface area contributed by atoms with Crippen LogP contribution in [0.5, 0.6) is 0 Å². The lowest BCUT2D eigenvalue weighted by molar-refractivity contribution is -0.816. The van der Waals surface area contributed by atoms with Crippen molar-refractivity contribution in [3.63, 3.8) is 0 Å². The Hall–Kier alpha value is -1.31. The summed E-state index contributed by atoms with van der Waals surface area (Å²) in [7, 11) is 0. The highest BCUT2D eigenvalue weighted by atomic mass is 16.5. The van der Waals surface area contributed by atoms with Gasteiger partial charge in [-0.2, -0.15) is 0 Å². The molecule has 2 nitrogen and oxygen atoms in total. The number of nitrogens with zero attached hydrogens (tertiary/aromatic N) is 1. The van der Waals surface area contributed by atoms with E-state index in [-0.39, 0.29) is 5.54 Å². The van der Waals surface area contributed by atoms with Crippen LogP contribution >= 0.6 is 0 Å². The van der Waals surface area contributed by atoms with Crippen LogP contribution in [0.25, 0.3) is 0 Å². The Kier molecular flexibility index (Phi) is 2.71. The third-order valence-electron chi connectivity index (χ3n) is 1.76. The van der Waals surface area contributed by atoms with Gasteiger partial charge in [-0.15, -0.1) is 0 Å². The molecular weight excluding hydrogens is 162 g/mol. The van der Waals surface area contributed by atoms with Gasteiger partial charge in [-0.25, -0.2) is 0 Å². The second kappa shape index (κ2) is 3.60. The molecule has 0 aliphatic rings. The van der Waals surface area contributed by atoms with Crippen LogP contribution in [0.2, 0.25) is 0 Å². The third-order valence-corrected chi connectivity index (χ3v) is 1.76. The summed E-state index contributed by atoms with van der Waals surface area (Å²) in [6, 6.07) is 9.75. The van der Waals surface area contributed by atoms with Gasteiger partial charge in [-0.05, 0) is 16.9 Å². The Morgan fingerprint density at radius 3 is 2.15 bits per heavy atom. The standard InChI is InChI=1S/C11H16NO/c1-11(2,3)12(13)9-10-7-5-4-6-8-10/h4-9,13H,1-3H3/q+1/b12-9-. The molecule has 2 heteroatoms. The fourth-order valence-electron chi connectivity index (χ4n) is 0.874. The minimum absolute atomic E-state index is 0.254. The number of hydroxylamine groups is 1. The Balaban J connectivity index is 2.90. The molecule has 0 aliphatic carbocycles. The predicted molar refractivity (Wildman–Crippen MR) is 53.4 cm³/mol. The second-order valence-corrected chi connectivity index (χ2v) is 4.06. The topological polar surface area (TPSA) is 23.2 Å². The molecule has 0 spiro atoms. The first-order valence-corrected chi connectivity index (χ1v) is 4.38. The predicted octanol–water partition coefficient (Wildman–Crippen LogP) is 2.31. The van der Waals surface area contributed by atoms with E-state index in [2.05, 4.69) is 0 Å². The fourth-order valence-corrected chi connectivity index (χ4v) is 0.874. The molecule has 0 fully saturated rings. The summed E-state index contributed by atoms with van der Waals surface area (Å²) in [5, 5.41) is 9.62. The van der Waals surface area contributed by atoms with Crippen molar-refractivity contribution in [3.05, 3.63) is 35.9 Å². The first-order valence-electron chi connectivity index (χ1n) is 4.38. The van der Waals surface area contributed by atoms with Gasteiger partial charge in [0.25, 0.3) is 0 Å². The molecule has 1 rings (SSSR count). The minimum Gasteiger partial charge on any atom is -0.290 e. The molecule has 0 unspecified atom stereocenters. The van der Waals surface area contributed by atoms with Gasteiger partial charge in [0.2, 0.25) is 11.8 Å². The van der Waals surface area contributed by atoms with E-state index in [0.717, 1.165) is 5.56 Å². The zero-order valence-electron chi connectivity index (χ0n) is 8.36. The minimum atomic E-state index is -0.254. The van der Waals surface area contributed by atoms with Gasteiger partial charge in [-0.1, -0.05) is 18.2 Å². The zero-order valence-corrected chi connectivity index (χ0v) is 8.36. The average Bonchev–Trinajstić information content (AvgIpc) is 2.04. The molecule has 0 radical (unpaired) electrons. The van der Waals surface area contributed by atoms with Crippen molar-refractivity contribution in [2.24, 2.45) is 0 Å². The van der Waals surface area contributed by atoms with Crippen LogP contribution in [0, 0.1) is 0 Å². The van der Waals surface area contributed by atoms with Crippen molar-refractivity contribution in [1.29, 1.82) is 0 Å². The van der Waals surface area contributed by atoms with Crippen LogP contribution in [0.4, 0.5) is 0 Å². The molecule has 0 bridgehead atoms. The molecule has 70 valence electrons. The highest BCUT2D eigenvalue weighted by Gasteiger charge is 2.23. The zero-order chi connectivity index (χ0) is 9.90. The van der Waals surface area contributed by atoms with E-state index < -0.39 is 0 Å². The van der Waals surface area contributed by atoms with Gasteiger partial charge < -0.3 is 0 Å². The molecule has 13 heavy (non-hydrogen) atoms. The Labute approximate surface area is 79.1 Å². The Morgan fingerprint density at radius 2 is 1.69 bits per heavy atom. The molecule has 0 aliphatic heterocycles. The third kappa shape index (κ3) is 2.90. The van der Waals surface area contributed by atoms with Gasteiger partial charge >= 0.3 is 0 Å². The number of rotatable bonds is 1. The van der Waals surface area contributed by atoms with Gasteiger partial charge in [0.15, 0.2) is 0 Å². The lowest BCUT2D eigenvalue weighted by Gasteiger charge is -2.08. The summed E-state index contributed by atoms with van der Waals surface area (Å²) in [6.07, 6.45) is 1.72. The SMILES string of the molecule is CC(C)(C)/[N+](O)=C/c1ccccc1. The molecule has 0 aromatic heterocycles. The van der Waals surface area contributed by atoms with Crippen LogP contribution in [-0.4, -0.2) is 21.7 Å². The molecule has 0 heterocycles. The van der Waals surface area contributed by atoms with E-state index in [1.54, 1.807) is 6.21 Å². The van der Waals surface area contributed by atoms with E-state index >= 15 is 0 Å². The molecule has 0 saturated heterocycles. The lowest BCUT2D eigenvalue weighted by Crippen LogP contribution is -2.31. The van der Waals surface area contributed by atoms with Crippen molar-refractivity contribution < 1.29 is 9.95 Å². The molecule has 0 saturated carbocycles. The van der Waals surface area contributed by atoms with Crippen molar-refractivity contribution in [2.45, 2.75) is 26.3 Å². The average molecular weight is 178 g/mol. The Morgan fingerprint density at radius 1 is 1.15 bits per heavy atom. The van der Waals surface area contributed by atoms with Gasteiger partial charge in [0.1, 0.15) is 0 Å². The summed E-state index contributed by atoms with van der Waals surface area (Å²) in [6.45, 7) is 5.85. The van der Waals surface area contributed by atoms with Crippen LogP contribution in [0.3, 0.4) is 0 Å². The fraction of sp³-hybridized carbons (Fsp3) is 0.364. The maximum Gasteiger partial charge on any atom is 0.223 e. The molecule has 1 aromatic carbocycles. The summed E-state index contributed by atoms with van der Waals surface area (Å²) < 4.78 is 1.22. The molecule has 1 aromatic rings. The van der Waals surface area contributed by atoms with Gasteiger partial charge in [0, 0.05) is 26.3 Å². The summed E-state index contributed by atoms with van der Waals surface area (Å²) in [4.78, 5) is 0. The maximum absolute atomic E-state index is 9.62. The number of benzene rings is 1. The Bertz CT molecular complexity index is 296. The van der Waals surface area contributed by atoms with E-state index in [0.29, 0.717) is 0 Å². The van der Waals surface area contributed by atoms with Crippen LogP contribution in [0.15, 0.2) is 30.3 Å². The van der Waals surface area contributed by atoms with E-state index in [1.807, 2.05) is 51.1 Å². The van der Waals surface area contributed by atoms with E-state index in [4.69, 9.17) is 0 Å². The highest BCUT2D eigenvalue weighted by molar-refractivity contribution is 5.75. The first kappa shape index (κ1) is 9.78. The summed E-state index contributed by atoms with van der Waals surface area (Å²) >= 11 is 0. The quantitative estimate of drug-likeness (QED) is 0.303.